The average Bonchev–Trinajstić information content (AvgIpc) is 3.48. The van der Waals surface area contributed by atoms with Gasteiger partial charge in [-0.05, 0) is 73.7 Å². The Bertz CT molecular complexity index is 1440. The summed E-state index contributed by atoms with van der Waals surface area (Å²) in [4.78, 5) is 19.1. The zero-order valence-corrected chi connectivity index (χ0v) is 22.2. The number of carbonyl (C=O) groups is 1. The Hall–Kier alpha value is -4.21. The van der Waals surface area contributed by atoms with Crippen LogP contribution in [0.15, 0.2) is 85.1 Å². The molecule has 9 heteroatoms. The van der Waals surface area contributed by atoms with Crippen molar-refractivity contribution in [2.75, 3.05) is 31.0 Å². The van der Waals surface area contributed by atoms with Gasteiger partial charge in [-0.3, -0.25) is 9.78 Å². The van der Waals surface area contributed by atoms with Crippen LogP contribution in [0.25, 0.3) is 5.69 Å². The number of aromatic nitrogens is 2. The highest BCUT2D eigenvalue weighted by Gasteiger charge is 2.42. The van der Waals surface area contributed by atoms with Crippen LogP contribution in [0.2, 0.25) is 0 Å². The molecule has 4 aromatic rings. The third-order valence-electron chi connectivity index (χ3n) is 6.53. The molecule has 2 N–H and O–H groups in total. The summed E-state index contributed by atoms with van der Waals surface area (Å²) in [5.41, 5.74) is 5.43. The number of rotatable bonds is 8. The zero-order chi connectivity index (χ0) is 26.6. The molecule has 0 aliphatic carbocycles. The Morgan fingerprint density at radius 1 is 1.03 bits per heavy atom. The Kier molecular flexibility index (Phi) is 7.39. The number of nitrogens with one attached hydrogen (secondary N) is 2. The first-order valence-corrected chi connectivity index (χ1v) is 12.6. The van der Waals surface area contributed by atoms with Crippen molar-refractivity contribution < 1.29 is 14.3 Å². The van der Waals surface area contributed by atoms with Crippen LogP contribution < -0.4 is 20.3 Å². The number of hydrogen-bond donors (Lipinski definition) is 2. The van der Waals surface area contributed by atoms with Crippen molar-refractivity contribution in [3.63, 3.8) is 0 Å². The minimum Gasteiger partial charge on any atom is -0.495 e. The second-order valence-corrected chi connectivity index (χ2v) is 9.32. The predicted molar refractivity (Wildman–Crippen MR) is 152 cm³/mol. The van der Waals surface area contributed by atoms with Crippen molar-refractivity contribution in [1.29, 1.82) is 0 Å². The van der Waals surface area contributed by atoms with E-state index in [0.29, 0.717) is 16.5 Å². The molecule has 0 bridgehead atoms. The monoisotopic (exact) mass is 527 g/mol. The minimum absolute atomic E-state index is 0.0642. The molecule has 194 valence electrons. The fourth-order valence-electron chi connectivity index (χ4n) is 4.91. The second kappa shape index (κ2) is 11.0. The van der Waals surface area contributed by atoms with Gasteiger partial charge in [0.25, 0.3) is 0 Å². The molecule has 1 saturated heterocycles. The highest BCUT2D eigenvalue weighted by atomic mass is 32.1. The van der Waals surface area contributed by atoms with Crippen molar-refractivity contribution in [3.8, 4) is 11.4 Å². The van der Waals surface area contributed by atoms with E-state index in [1.54, 1.807) is 13.3 Å². The highest BCUT2D eigenvalue weighted by Crippen LogP contribution is 2.44. The number of thiocarbonyl (C=S) groups is 1. The molecule has 5 rings (SSSR count). The number of anilines is 2. The van der Waals surface area contributed by atoms with Crippen LogP contribution in [0.3, 0.4) is 0 Å². The third kappa shape index (κ3) is 4.85. The summed E-state index contributed by atoms with van der Waals surface area (Å²) in [5, 5.41) is 6.95. The average molecular weight is 528 g/mol. The number of methoxy groups -OCH3 is 2. The van der Waals surface area contributed by atoms with E-state index in [1.807, 2.05) is 54.6 Å². The van der Waals surface area contributed by atoms with Crippen LogP contribution >= 0.6 is 12.2 Å². The summed E-state index contributed by atoms with van der Waals surface area (Å²) < 4.78 is 12.7. The molecule has 2 atom stereocenters. The predicted octanol–water partition coefficient (Wildman–Crippen LogP) is 4.95. The molecule has 1 amide bonds. The van der Waals surface area contributed by atoms with E-state index < -0.39 is 0 Å². The fourth-order valence-corrected chi connectivity index (χ4v) is 5.26. The minimum atomic E-state index is -0.276. The van der Waals surface area contributed by atoms with Crippen molar-refractivity contribution in [3.05, 3.63) is 102 Å². The Labute approximate surface area is 227 Å². The molecule has 0 spiro atoms. The van der Waals surface area contributed by atoms with Crippen LogP contribution in [0.4, 0.5) is 11.4 Å². The second-order valence-electron chi connectivity index (χ2n) is 8.93. The van der Waals surface area contributed by atoms with Gasteiger partial charge in [0.15, 0.2) is 5.11 Å². The number of amides is 1. The van der Waals surface area contributed by atoms with Crippen LogP contribution in [-0.2, 0) is 9.53 Å². The Balaban J connectivity index is 1.65. The summed E-state index contributed by atoms with van der Waals surface area (Å²) in [6.07, 6.45) is 1.79. The number of ether oxygens (including phenoxy) is 2. The van der Waals surface area contributed by atoms with Crippen molar-refractivity contribution in [1.82, 2.24) is 14.9 Å². The molecule has 2 unspecified atom stereocenters. The lowest BCUT2D eigenvalue weighted by Gasteiger charge is -2.30. The van der Waals surface area contributed by atoms with E-state index in [-0.39, 0.29) is 24.6 Å². The third-order valence-corrected chi connectivity index (χ3v) is 6.85. The number of pyridine rings is 1. The number of carbonyl (C=O) groups excluding carboxylic acids is 1. The molecular weight excluding hydrogens is 498 g/mol. The van der Waals surface area contributed by atoms with Crippen LogP contribution in [0.5, 0.6) is 5.75 Å². The smallest absolute Gasteiger partial charge is 0.250 e. The number of hydrogen-bond acceptors (Lipinski definition) is 5. The van der Waals surface area contributed by atoms with Crippen LogP contribution in [0.1, 0.15) is 29.2 Å². The Morgan fingerprint density at radius 2 is 1.82 bits per heavy atom. The summed E-state index contributed by atoms with van der Waals surface area (Å²) in [6.45, 7) is 2.03. The topological polar surface area (TPSA) is 80.7 Å². The first-order chi connectivity index (χ1) is 18.5. The van der Waals surface area contributed by atoms with Crippen molar-refractivity contribution >= 4 is 34.6 Å². The summed E-state index contributed by atoms with van der Waals surface area (Å²) >= 11 is 5.92. The van der Waals surface area contributed by atoms with Crippen LogP contribution in [-0.4, -0.2) is 41.4 Å². The fraction of sp³-hybridized carbons (Fsp3) is 0.207. The van der Waals surface area contributed by atoms with Gasteiger partial charge in [-0.15, -0.1) is 0 Å². The van der Waals surface area contributed by atoms with Crippen molar-refractivity contribution in [2.45, 2.75) is 19.0 Å². The van der Waals surface area contributed by atoms with Gasteiger partial charge in [-0.2, -0.15) is 0 Å². The summed E-state index contributed by atoms with van der Waals surface area (Å²) in [6, 6.07) is 25.6. The van der Waals surface area contributed by atoms with Gasteiger partial charge in [0.1, 0.15) is 18.4 Å². The van der Waals surface area contributed by atoms with Gasteiger partial charge in [0.05, 0.1) is 24.5 Å². The molecule has 2 aromatic carbocycles. The Morgan fingerprint density at radius 3 is 2.53 bits per heavy atom. The van der Waals surface area contributed by atoms with Crippen LogP contribution in [0, 0.1) is 6.92 Å². The van der Waals surface area contributed by atoms with E-state index >= 15 is 0 Å². The largest absolute Gasteiger partial charge is 0.495 e. The number of para-hydroxylation sites is 1. The number of aryl methyl sites for hydroxylation is 1. The van der Waals surface area contributed by atoms with E-state index in [2.05, 4.69) is 56.3 Å². The standard InChI is InChI=1S/C29H29N5O3S/c1-19-12-14-24(33(19)20-9-5-4-6-10-20)28-27(22-11-7-8-16-30-22)32-29(38)34(28)21-13-15-25(37-3)23(17-21)31-26(35)18-36-2/h4-17,27-28H,18H2,1-3H3,(H,31,35)(H,32,38). The SMILES string of the molecule is COCC(=O)Nc1cc(N2C(=S)NC(c3ccccn3)C2c2ccc(C)n2-c2ccccc2)ccc1OC. The number of nitrogens with zero attached hydrogens (tertiary/aromatic N) is 3. The first kappa shape index (κ1) is 25.4. The normalized spacial score (nSPS) is 16.8. The van der Waals surface area contributed by atoms with Gasteiger partial charge in [-0.1, -0.05) is 24.3 Å². The molecule has 1 aliphatic heterocycles. The molecule has 8 nitrogen and oxygen atoms in total. The zero-order valence-electron chi connectivity index (χ0n) is 21.4. The lowest BCUT2D eigenvalue weighted by Crippen LogP contribution is -2.30. The number of benzene rings is 2. The van der Waals surface area contributed by atoms with E-state index in [9.17, 15) is 4.79 Å². The van der Waals surface area contributed by atoms with E-state index in [4.69, 9.17) is 21.7 Å². The maximum atomic E-state index is 12.3. The molecule has 1 aliphatic rings. The molecule has 3 heterocycles. The maximum absolute atomic E-state index is 12.3. The molecule has 38 heavy (non-hydrogen) atoms. The van der Waals surface area contributed by atoms with Gasteiger partial charge in [-0.25, -0.2) is 0 Å². The van der Waals surface area contributed by atoms with E-state index in [1.165, 1.54) is 7.11 Å². The van der Waals surface area contributed by atoms with Gasteiger partial charge < -0.3 is 29.6 Å². The van der Waals surface area contributed by atoms with E-state index in [0.717, 1.165) is 28.5 Å². The quantitative estimate of drug-likeness (QED) is 0.314. The molecule has 2 aromatic heterocycles. The lowest BCUT2D eigenvalue weighted by atomic mass is 10.0. The molecule has 0 saturated carbocycles. The molecule has 1 fully saturated rings. The summed E-state index contributed by atoms with van der Waals surface area (Å²) in [5.74, 6) is 0.263. The highest BCUT2D eigenvalue weighted by molar-refractivity contribution is 7.80. The summed E-state index contributed by atoms with van der Waals surface area (Å²) in [7, 11) is 3.05. The van der Waals surface area contributed by atoms with Crippen molar-refractivity contribution in [2.24, 2.45) is 0 Å². The molecule has 0 radical (unpaired) electrons. The van der Waals surface area contributed by atoms with Gasteiger partial charge >= 0.3 is 0 Å². The van der Waals surface area contributed by atoms with Gasteiger partial charge in [0.2, 0.25) is 5.91 Å². The molecular formula is C29H29N5O3S. The maximum Gasteiger partial charge on any atom is 0.250 e. The lowest BCUT2D eigenvalue weighted by molar-refractivity contribution is -0.119. The first-order valence-electron chi connectivity index (χ1n) is 12.2. The van der Waals surface area contributed by atoms with Gasteiger partial charge in [0, 0.05) is 36.1 Å².